The fourth-order valence-electron chi connectivity index (χ4n) is 2.82. The molecular formula is C16H26ClN3O3S. The first-order valence-electron chi connectivity index (χ1n) is 7.82. The fraction of sp³-hybridized carbons (Fsp3) is 0.562. The smallest absolute Gasteiger partial charge is 0.253 e. The summed E-state index contributed by atoms with van der Waals surface area (Å²) in [5, 5.41) is 3.14. The lowest BCUT2D eigenvalue weighted by atomic mass is 9.98. The van der Waals surface area contributed by atoms with Crippen molar-refractivity contribution in [3.8, 4) is 0 Å². The van der Waals surface area contributed by atoms with Crippen molar-refractivity contribution in [3.05, 3.63) is 29.8 Å². The lowest BCUT2D eigenvalue weighted by Gasteiger charge is -2.31. The number of rotatable bonds is 5. The Labute approximate surface area is 150 Å². The molecule has 0 saturated carbocycles. The SMILES string of the molecule is CNCC1CCN(S(=O)(=O)c2ccc(C(=O)N(C)C)cc2)CC1.Cl. The van der Waals surface area contributed by atoms with Crippen molar-refractivity contribution in [1.82, 2.24) is 14.5 Å². The maximum Gasteiger partial charge on any atom is 0.253 e. The van der Waals surface area contributed by atoms with Crippen molar-refractivity contribution in [2.24, 2.45) is 5.92 Å². The fourth-order valence-corrected chi connectivity index (χ4v) is 4.29. The molecule has 1 aliphatic heterocycles. The molecular weight excluding hydrogens is 350 g/mol. The lowest BCUT2D eigenvalue weighted by Crippen LogP contribution is -2.40. The highest BCUT2D eigenvalue weighted by molar-refractivity contribution is 7.89. The third-order valence-electron chi connectivity index (χ3n) is 4.21. The van der Waals surface area contributed by atoms with Crippen LogP contribution in [-0.4, -0.2) is 64.3 Å². The largest absolute Gasteiger partial charge is 0.345 e. The first-order chi connectivity index (χ1) is 10.9. The van der Waals surface area contributed by atoms with E-state index in [9.17, 15) is 13.2 Å². The summed E-state index contributed by atoms with van der Waals surface area (Å²) >= 11 is 0. The lowest BCUT2D eigenvalue weighted by molar-refractivity contribution is 0.0827. The van der Waals surface area contributed by atoms with E-state index in [0.717, 1.165) is 19.4 Å². The minimum absolute atomic E-state index is 0. The number of nitrogens with zero attached hydrogens (tertiary/aromatic N) is 2. The molecule has 6 nitrogen and oxygen atoms in total. The molecule has 1 aromatic carbocycles. The normalized spacial score (nSPS) is 16.5. The standard InChI is InChI=1S/C16H25N3O3S.ClH/c1-17-12-13-8-10-19(11-9-13)23(21,22)15-6-4-14(5-7-15)16(20)18(2)3;/h4-7,13,17H,8-12H2,1-3H3;1H. The van der Waals surface area contributed by atoms with Gasteiger partial charge in [0.2, 0.25) is 10.0 Å². The Morgan fingerprint density at radius 3 is 2.21 bits per heavy atom. The maximum atomic E-state index is 12.7. The number of carbonyl (C=O) groups is 1. The summed E-state index contributed by atoms with van der Waals surface area (Å²) < 4.78 is 26.9. The zero-order valence-corrected chi connectivity index (χ0v) is 16.0. The summed E-state index contributed by atoms with van der Waals surface area (Å²) in [6, 6.07) is 6.18. The van der Waals surface area contributed by atoms with Gasteiger partial charge in [0.25, 0.3) is 5.91 Å². The molecule has 0 atom stereocenters. The van der Waals surface area contributed by atoms with E-state index in [4.69, 9.17) is 0 Å². The van der Waals surface area contributed by atoms with Gasteiger partial charge in [0.1, 0.15) is 0 Å². The minimum Gasteiger partial charge on any atom is -0.345 e. The Morgan fingerprint density at radius 2 is 1.75 bits per heavy atom. The van der Waals surface area contributed by atoms with Crippen LogP contribution in [0.1, 0.15) is 23.2 Å². The first kappa shape index (κ1) is 20.9. The number of amides is 1. The van der Waals surface area contributed by atoms with Gasteiger partial charge in [-0.3, -0.25) is 4.79 Å². The summed E-state index contributed by atoms with van der Waals surface area (Å²) in [5.74, 6) is 0.397. The molecule has 0 aromatic heterocycles. The molecule has 0 spiro atoms. The molecule has 1 aliphatic rings. The average Bonchev–Trinajstić information content (AvgIpc) is 2.55. The van der Waals surface area contributed by atoms with Crippen LogP contribution in [0.25, 0.3) is 0 Å². The van der Waals surface area contributed by atoms with Crippen LogP contribution in [0, 0.1) is 5.92 Å². The Balaban J connectivity index is 0.00000288. The Bertz CT molecular complexity index is 639. The van der Waals surface area contributed by atoms with Crippen LogP contribution < -0.4 is 5.32 Å². The second kappa shape index (κ2) is 8.80. The van der Waals surface area contributed by atoms with Crippen molar-refractivity contribution >= 4 is 28.3 Å². The molecule has 0 radical (unpaired) electrons. The van der Waals surface area contributed by atoms with Crippen LogP contribution in [0.15, 0.2) is 29.2 Å². The first-order valence-corrected chi connectivity index (χ1v) is 9.26. The second-order valence-corrected chi connectivity index (χ2v) is 8.07. The number of hydrogen-bond donors (Lipinski definition) is 1. The molecule has 8 heteroatoms. The number of sulfonamides is 1. The van der Waals surface area contributed by atoms with Crippen molar-refractivity contribution in [2.45, 2.75) is 17.7 Å². The number of halogens is 1. The molecule has 2 rings (SSSR count). The van der Waals surface area contributed by atoms with E-state index in [-0.39, 0.29) is 23.2 Å². The number of benzene rings is 1. The average molecular weight is 376 g/mol. The Hall–Kier alpha value is -1.15. The maximum absolute atomic E-state index is 12.7. The van der Waals surface area contributed by atoms with E-state index in [1.165, 1.54) is 17.0 Å². The van der Waals surface area contributed by atoms with Gasteiger partial charge in [0.15, 0.2) is 0 Å². The quantitative estimate of drug-likeness (QED) is 0.845. The predicted octanol–water partition coefficient (Wildman–Crippen LogP) is 1.43. The molecule has 1 fully saturated rings. The summed E-state index contributed by atoms with van der Waals surface area (Å²) in [4.78, 5) is 13.6. The molecule has 0 bridgehead atoms. The van der Waals surface area contributed by atoms with Crippen molar-refractivity contribution in [1.29, 1.82) is 0 Å². The zero-order chi connectivity index (χ0) is 17.0. The Morgan fingerprint density at radius 1 is 1.21 bits per heavy atom. The zero-order valence-electron chi connectivity index (χ0n) is 14.4. The third-order valence-corrected chi connectivity index (χ3v) is 6.12. The molecule has 1 aromatic rings. The predicted molar refractivity (Wildman–Crippen MR) is 97.1 cm³/mol. The van der Waals surface area contributed by atoms with Crippen LogP contribution >= 0.6 is 12.4 Å². The molecule has 136 valence electrons. The molecule has 0 unspecified atom stereocenters. The van der Waals surface area contributed by atoms with Crippen LogP contribution in [-0.2, 0) is 10.0 Å². The van der Waals surface area contributed by atoms with Crippen LogP contribution in [0.2, 0.25) is 0 Å². The molecule has 24 heavy (non-hydrogen) atoms. The van der Waals surface area contributed by atoms with E-state index in [1.807, 2.05) is 7.05 Å². The van der Waals surface area contributed by atoms with E-state index >= 15 is 0 Å². The van der Waals surface area contributed by atoms with E-state index < -0.39 is 10.0 Å². The van der Waals surface area contributed by atoms with Gasteiger partial charge in [-0.15, -0.1) is 12.4 Å². The Kier molecular flexibility index (Phi) is 7.66. The van der Waals surface area contributed by atoms with Gasteiger partial charge in [-0.05, 0) is 56.6 Å². The topological polar surface area (TPSA) is 69.7 Å². The van der Waals surface area contributed by atoms with Crippen LogP contribution in [0.5, 0.6) is 0 Å². The highest BCUT2D eigenvalue weighted by Gasteiger charge is 2.29. The van der Waals surface area contributed by atoms with Gasteiger partial charge < -0.3 is 10.2 Å². The molecule has 1 amide bonds. The monoisotopic (exact) mass is 375 g/mol. The highest BCUT2D eigenvalue weighted by atomic mass is 35.5. The molecule has 1 saturated heterocycles. The summed E-state index contributed by atoms with van der Waals surface area (Å²) in [6.07, 6.45) is 1.74. The van der Waals surface area contributed by atoms with Crippen molar-refractivity contribution in [2.75, 3.05) is 40.8 Å². The van der Waals surface area contributed by atoms with Crippen molar-refractivity contribution in [3.63, 3.8) is 0 Å². The van der Waals surface area contributed by atoms with Gasteiger partial charge >= 0.3 is 0 Å². The van der Waals surface area contributed by atoms with E-state index in [2.05, 4.69) is 5.32 Å². The van der Waals surface area contributed by atoms with Crippen molar-refractivity contribution < 1.29 is 13.2 Å². The number of piperidine rings is 1. The van der Waals surface area contributed by atoms with Gasteiger partial charge in [0, 0.05) is 32.7 Å². The summed E-state index contributed by atoms with van der Waals surface area (Å²) in [6.45, 7) is 2.02. The second-order valence-electron chi connectivity index (χ2n) is 6.13. The van der Waals surface area contributed by atoms with Crippen LogP contribution in [0.3, 0.4) is 0 Å². The van der Waals surface area contributed by atoms with E-state index in [1.54, 1.807) is 30.5 Å². The summed E-state index contributed by atoms with van der Waals surface area (Å²) in [7, 11) is 1.78. The molecule has 1 N–H and O–H groups in total. The third kappa shape index (κ3) is 4.69. The van der Waals surface area contributed by atoms with Crippen LogP contribution in [0.4, 0.5) is 0 Å². The van der Waals surface area contributed by atoms with E-state index in [0.29, 0.717) is 24.6 Å². The summed E-state index contributed by atoms with van der Waals surface area (Å²) in [5.41, 5.74) is 0.488. The molecule has 1 heterocycles. The van der Waals surface area contributed by atoms with Gasteiger partial charge in [-0.2, -0.15) is 4.31 Å². The molecule has 0 aliphatic carbocycles. The number of nitrogens with one attached hydrogen (secondary N) is 1. The van der Waals surface area contributed by atoms with Gasteiger partial charge in [-0.1, -0.05) is 0 Å². The van der Waals surface area contributed by atoms with Gasteiger partial charge in [-0.25, -0.2) is 8.42 Å². The number of carbonyl (C=O) groups excluding carboxylic acids is 1. The minimum atomic E-state index is -3.48. The van der Waals surface area contributed by atoms with Gasteiger partial charge in [0.05, 0.1) is 4.90 Å². The number of hydrogen-bond acceptors (Lipinski definition) is 4. The highest BCUT2D eigenvalue weighted by Crippen LogP contribution is 2.23.